The van der Waals surface area contributed by atoms with Crippen LogP contribution in [0, 0.1) is 11.8 Å². The summed E-state index contributed by atoms with van der Waals surface area (Å²) < 4.78 is 0. The van der Waals surface area contributed by atoms with Gasteiger partial charge in [-0.15, -0.1) is 12.4 Å². The number of hydrogen-bond donors (Lipinski definition) is 0. The van der Waals surface area contributed by atoms with E-state index in [1.165, 1.54) is 13.1 Å². The Bertz CT molecular complexity index is 135. The Labute approximate surface area is 82.2 Å². The second-order valence-electron chi connectivity index (χ2n) is 3.74. The molecule has 0 radical (unpaired) electrons. The van der Waals surface area contributed by atoms with Gasteiger partial charge in [0, 0.05) is 19.6 Å². The van der Waals surface area contributed by atoms with Crippen molar-refractivity contribution in [2.75, 3.05) is 19.6 Å². The minimum atomic E-state index is 0. The maximum absolute atomic E-state index is 2.52. The molecule has 0 N–H and O–H groups in total. The number of allylic oxidation sites excluding steroid dienone is 1. The fraction of sp³-hybridized carbons (Fsp3) is 0.800. The average Bonchev–Trinajstić information content (AvgIpc) is 2.28. The molecule has 2 unspecified atom stereocenters. The molecule has 2 atom stereocenters. The zero-order valence-electron chi connectivity index (χ0n) is 8.29. The summed E-state index contributed by atoms with van der Waals surface area (Å²) in [6.45, 7) is 10.5. The van der Waals surface area contributed by atoms with Gasteiger partial charge in [-0.2, -0.15) is 0 Å². The first-order chi connectivity index (χ1) is 5.24. The first-order valence-corrected chi connectivity index (χ1v) is 4.57. The molecule has 72 valence electrons. The highest BCUT2D eigenvalue weighted by molar-refractivity contribution is 5.85. The van der Waals surface area contributed by atoms with Crippen LogP contribution in [0.15, 0.2) is 12.2 Å². The van der Waals surface area contributed by atoms with Gasteiger partial charge in [-0.1, -0.05) is 26.0 Å². The lowest BCUT2D eigenvalue weighted by molar-refractivity contribution is 0.359. The minimum Gasteiger partial charge on any atom is -0.299 e. The quantitative estimate of drug-likeness (QED) is 0.604. The smallest absolute Gasteiger partial charge is 0.0163 e. The molecule has 1 aliphatic rings. The lowest BCUT2D eigenvalue weighted by atomic mass is 10.0. The predicted octanol–water partition coefficient (Wildman–Crippen LogP) is 2.57. The van der Waals surface area contributed by atoms with Gasteiger partial charge in [0.1, 0.15) is 0 Å². The molecular weight excluding hydrogens is 170 g/mol. The van der Waals surface area contributed by atoms with Crippen LogP contribution >= 0.6 is 12.4 Å². The number of nitrogens with zero attached hydrogens (tertiary/aromatic N) is 1. The van der Waals surface area contributed by atoms with Crippen LogP contribution in [0.4, 0.5) is 0 Å². The molecule has 1 heterocycles. The molecule has 0 aromatic rings. The van der Waals surface area contributed by atoms with E-state index in [-0.39, 0.29) is 12.4 Å². The summed E-state index contributed by atoms with van der Waals surface area (Å²) in [5.41, 5.74) is 0. The van der Waals surface area contributed by atoms with Gasteiger partial charge >= 0.3 is 0 Å². The van der Waals surface area contributed by atoms with E-state index in [0.29, 0.717) is 0 Å². The maximum Gasteiger partial charge on any atom is 0.0163 e. The normalized spacial score (nSPS) is 30.9. The Morgan fingerprint density at radius 1 is 1.25 bits per heavy atom. The van der Waals surface area contributed by atoms with Crippen molar-refractivity contribution in [2.24, 2.45) is 11.8 Å². The zero-order valence-corrected chi connectivity index (χ0v) is 9.10. The first kappa shape index (κ1) is 12.0. The van der Waals surface area contributed by atoms with Crippen molar-refractivity contribution in [2.45, 2.75) is 20.8 Å². The number of rotatable bonds is 2. The van der Waals surface area contributed by atoms with Crippen molar-refractivity contribution in [3.63, 3.8) is 0 Å². The van der Waals surface area contributed by atoms with Crippen LogP contribution in [0.2, 0.25) is 0 Å². The van der Waals surface area contributed by atoms with E-state index in [4.69, 9.17) is 0 Å². The highest BCUT2D eigenvalue weighted by Crippen LogP contribution is 2.21. The molecule has 1 saturated heterocycles. The van der Waals surface area contributed by atoms with E-state index in [2.05, 4.69) is 37.8 Å². The fourth-order valence-corrected chi connectivity index (χ4v) is 1.65. The van der Waals surface area contributed by atoms with Crippen LogP contribution in [-0.2, 0) is 0 Å². The van der Waals surface area contributed by atoms with Gasteiger partial charge in [-0.05, 0) is 18.8 Å². The average molecular weight is 190 g/mol. The number of likely N-dealkylation sites (tertiary alicyclic amines) is 1. The molecule has 1 aliphatic heterocycles. The Kier molecular flexibility index (Phi) is 5.60. The van der Waals surface area contributed by atoms with Crippen molar-refractivity contribution in [3.05, 3.63) is 12.2 Å². The molecule has 0 spiro atoms. The summed E-state index contributed by atoms with van der Waals surface area (Å²) in [5, 5.41) is 0. The first-order valence-electron chi connectivity index (χ1n) is 4.57. The van der Waals surface area contributed by atoms with Crippen LogP contribution < -0.4 is 0 Å². The summed E-state index contributed by atoms with van der Waals surface area (Å²) in [6, 6.07) is 0. The van der Waals surface area contributed by atoms with Crippen LogP contribution in [0.5, 0.6) is 0 Å². The van der Waals surface area contributed by atoms with Crippen LogP contribution in [0.1, 0.15) is 20.8 Å². The summed E-state index contributed by atoms with van der Waals surface area (Å²) >= 11 is 0. The molecule has 0 amide bonds. The molecule has 1 fully saturated rings. The molecule has 12 heavy (non-hydrogen) atoms. The van der Waals surface area contributed by atoms with Gasteiger partial charge in [0.05, 0.1) is 0 Å². The largest absolute Gasteiger partial charge is 0.299 e. The van der Waals surface area contributed by atoms with Gasteiger partial charge < -0.3 is 0 Å². The van der Waals surface area contributed by atoms with Crippen LogP contribution in [0.3, 0.4) is 0 Å². The maximum atomic E-state index is 2.52. The molecule has 0 saturated carbocycles. The second-order valence-corrected chi connectivity index (χ2v) is 3.74. The van der Waals surface area contributed by atoms with Gasteiger partial charge in [0.15, 0.2) is 0 Å². The highest BCUT2D eigenvalue weighted by atomic mass is 35.5. The van der Waals surface area contributed by atoms with Crippen molar-refractivity contribution >= 4 is 12.4 Å². The lowest BCUT2D eigenvalue weighted by Gasteiger charge is -2.11. The SMILES string of the molecule is C/C=C/CN1CC(C)C(C)C1.Cl. The summed E-state index contributed by atoms with van der Waals surface area (Å²) in [5.74, 6) is 1.78. The van der Waals surface area contributed by atoms with Crippen LogP contribution in [0.25, 0.3) is 0 Å². The molecule has 0 aromatic carbocycles. The van der Waals surface area contributed by atoms with Crippen molar-refractivity contribution < 1.29 is 0 Å². The van der Waals surface area contributed by atoms with Crippen molar-refractivity contribution in [1.82, 2.24) is 4.90 Å². The predicted molar refractivity (Wildman–Crippen MR) is 56.8 cm³/mol. The summed E-state index contributed by atoms with van der Waals surface area (Å²) in [7, 11) is 0. The lowest BCUT2D eigenvalue weighted by Crippen LogP contribution is -2.20. The van der Waals surface area contributed by atoms with E-state index in [0.717, 1.165) is 18.4 Å². The van der Waals surface area contributed by atoms with Crippen LogP contribution in [-0.4, -0.2) is 24.5 Å². The molecule has 1 nitrogen and oxygen atoms in total. The van der Waals surface area contributed by atoms with Gasteiger partial charge in [0.25, 0.3) is 0 Å². The fourth-order valence-electron chi connectivity index (χ4n) is 1.65. The minimum absolute atomic E-state index is 0. The molecule has 2 heteroatoms. The van der Waals surface area contributed by atoms with E-state index in [1.807, 2.05) is 0 Å². The third-order valence-electron chi connectivity index (χ3n) is 2.66. The van der Waals surface area contributed by atoms with Gasteiger partial charge in [-0.3, -0.25) is 4.90 Å². The standard InChI is InChI=1S/C10H19N.ClH/c1-4-5-6-11-7-9(2)10(3)8-11;/h4-5,9-10H,6-8H2,1-3H3;1H/b5-4+;. The third kappa shape index (κ3) is 3.16. The monoisotopic (exact) mass is 189 g/mol. The molecule has 0 aromatic heterocycles. The number of halogens is 1. The van der Waals surface area contributed by atoms with E-state index in [9.17, 15) is 0 Å². The molecule has 0 bridgehead atoms. The Morgan fingerprint density at radius 3 is 2.17 bits per heavy atom. The Morgan fingerprint density at radius 2 is 1.75 bits per heavy atom. The van der Waals surface area contributed by atoms with Gasteiger partial charge in [0.2, 0.25) is 0 Å². The molecular formula is C10H20ClN. The van der Waals surface area contributed by atoms with E-state index >= 15 is 0 Å². The van der Waals surface area contributed by atoms with E-state index < -0.39 is 0 Å². The van der Waals surface area contributed by atoms with Crippen molar-refractivity contribution in [3.8, 4) is 0 Å². The van der Waals surface area contributed by atoms with Crippen molar-refractivity contribution in [1.29, 1.82) is 0 Å². The summed E-state index contributed by atoms with van der Waals surface area (Å²) in [4.78, 5) is 2.52. The number of hydrogen-bond acceptors (Lipinski definition) is 1. The Balaban J connectivity index is 0.00000121. The Hall–Kier alpha value is -0.0100. The highest BCUT2D eigenvalue weighted by Gasteiger charge is 2.24. The zero-order chi connectivity index (χ0) is 8.27. The van der Waals surface area contributed by atoms with Gasteiger partial charge in [-0.25, -0.2) is 0 Å². The third-order valence-corrected chi connectivity index (χ3v) is 2.66. The van der Waals surface area contributed by atoms with E-state index in [1.54, 1.807) is 0 Å². The molecule has 1 rings (SSSR count). The molecule has 0 aliphatic carbocycles. The second kappa shape index (κ2) is 5.60. The summed E-state index contributed by atoms with van der Waals surface area (Å²) in [6.07, 6.45) is 4.37. The topological polar surface area (TPSA) is 3.24 Å².